The molecular formula is C12H14IO. The number of ether oxygens (including phenoxy) is 1. The van der Waals surface area contributed by atoms with Gasteiger partial charge in [-0.1, -0.05) is 13.0 Å². The highest BCUT2D eigenvalue weighted by Crippen LogP contribution is 2.26. The quantitative estimate of drug-likeness (QED) is 0.768. The number of hydrogen-bond acceptors (Lipinski definition) is 1. The lowest BCUT2D eigenvalue weighted by atomic mass is 10.0. The van der Waals surface area contributed by atoms with Gasteiger partial charge < -0.3 is 4.74 Å². The van der Waals surface area contributed by atoms with Crippen molar-refractivity contribution < 1.29 is 4.74 Å². The second-order valence-corrected chi connectivity index (χ2v) is 4.12. The lowest BCUT2D eigenvalue weighted by Crippen LogP contribution is -1.97. The summed E-state index contributed by atoms with van der Waals surface area (Å²) in [6, 6.07) is 6.11. The third-order valence-corrected chi connectivity index (χ3v) is 2.92. The van der Waals surface area contributed by atoms with Gasteiger partial charge in [0.15, 0.2) is 0 Å². The molecule has 0 bridgehead atoms. The third kappa shape index (κ3) is 2.74. The smallest absolute Gasteiger partial charge is 0.119 e. The zero-order chi connectivity index (χ0) is 10.6. The van der Waals surface area contributed by atoms with Crippen LogP contribution in [0, 0.1) is 9.49 Å². The van der Waals surface area contributed by atoms with Gasteiger partial charge in [0.1, 0.15) is 5.75 Å². The van der Waals surface area contributed by atoms with Gasteiger partial charge in [-0.15, -0.1) is 6.58 Å². The molecule has 1 aromatic carbocycles. The first kappa shape index (κ1) is 11.6. The van der Waals surface area contributed by atoms with E-state index in [4.69, 9.17) is 4.74 Å². The van der Waals surface area contributed by atoms with Crippen LogP contribution in [0.15, 0.2) is 30.9 Å². The Morgan fingerprint density at radius 3 is 2.86 bits per heavy atom. The Bertz CT molecular complexity index is 320. The van der Waals surface area contributed by atoms with E-state index in [1.165, 1.54) is 15.1 Å². The van der Waals surface area contributed by atoms with Crippen LogP contribution in [0.5, 0.6) is 5.75 Å². The zero-order valence-corrected chi connectivity index (χ0v) is 10.7. The van der Waals surface area contributed by atoms with Crippen molar-refractivity contribution in [3.8, 4) is 5.75 Å². The predicted octanol–water partition coefficient (Wildman–Crippen LogP) is 3.82. The summed E-state index contributed by atoms with van der Waals surface area (Å²) in [7, 11) is 0. The first-order valence-corrected chi connectivity index (χ1v) is 5.65. The summed E-state index contributed by atoms with van der Waals surface area (Å²) < 4.78 is 6.67. The maximum atomic E-state index is 5.45. The number of rotatable bonds is 4. The van der Waals surface area contributed by atoms with Crippen LogP contribution in [0.25, 0.3) is 0 Å². The van der Waals surface area contributed by atoms with Crippen molar-refractivity contribution in [3.05, 3.63) is 45.9 Å². The second kappa shape index (κ2) is 5.39. The van der Waals surface area contributed by atoms with Crippen LogP contribution in [0.2, 0.25) is 0 Å². The molecule has 1 rings (SSSR count). The van der Waals surface area contributed by atoms with E-state index < -0.39 is 0 Å². The fraction of sp³-hybridized carbons (Fsp3) is 0.250. The molecular weight excluding hydrogens is 287 g/mol. The van der Waals surface area contributed by atoms with Gasteiger partial charge in [-0.05, 0) is 53.3 Å². The Kier molecular flexibility index (Phi) is 4.45. The van der Waals surface area contributed by atoms with Gasteiger partial charge in [0.25, 0.3) is 0 Å². The van der Waals surface area contributed by atoms with E-state index in [0.717, 1.165) is 5.75 Å². The molecule has 0 atom stereocenters. The normalized spacial score (nSPS) is 10.3. The van der Waals surface area contributed by atoms with Gasteiger partial charge in [0.2, 0.25) is 0 Å². The Balaban J connectivity index is 3.01. The Morgan fingerprint density at radius 1 is 1.57 bits per heavy atom. The van der Waals surface area contributed by atoms with Crippen molar-refractivity contribution in [1.82, 2.24) is 0 Å². The number of allylic oxidation sites excluding steroid dienone is 1. The number of hydrogen-bond donors (Lipinski definition) is 0. The summed E-state index contributed by atoms with van der Waals surface area (Å²) in [5.41, 5.74) is 1.20. The minimum absolute atomic E-state index is 0.702. The molecule has 0 aromatic heterocycles. The minimum atomic E-state index is 0.702. The average molecular weight is 301 g/mol. The highest BCUT2D eigenvalue weighted by Gasteiger charge is 2.07. The minimum Gasteiger partial charge on any atom is -0.494 e. The fourth-order valence-corrected chi connectivity index (χ4v) is 1.93. The summed E-state index contributed by atoms with van der Waals surface area (Å²) in [6.45, 7) is 8.52. The molecule has 75 valence electrons. The topological polar surface area (TPSA) is 9.23 Å². The summed E-state index contributed by atoms with van der Waals surface area (Å²) >= 11 is 2.32. The standard InChI is InChI=1S/C12H14IO/c1-4-9(3)11-8-10(14-5-2)6-7-12(11)13/h4,6-8H,1,5H2,2-3H3. The molecule has 2 heteroatoms. The number of halogens is 1. The van der Waals surface area contributed by atoms with Crippen LogP contribution in [0.3, 0.4) is 0 Å². The summed E-state index contributed by atoms with van der Waals surface area (Å²) in [4.78, 5) is 0. The molecule has 0 saturated heterocycles. The molecule has 0 fully saturated rings. The SMILES string of the molecule is C=C[C](C)c1cc(OCC)ccc1I. The molecule has 0 heterocycles. The number of benzene rings is 1. The van der Waals surface area contributed by atoms with E-state index in [0.29, 0.717) is 6.61 Å². The van der Waals surface area contributed by atoms with Crippen LogP contribution in [0.1, 0.15) is 19.4 Å². The van der Waals surface area contributed by atoms with Crippen molar-refractivity contribution in [3.63, 3.8) is 0 Å². The largest absolute Gasteiger partial charge is 0.494 e. The molecule has 0 aliphatic rings. The van der Waals surface area contributed by atoms with Gasteiger partial charge in [-0.25, -0.2) is 0 Å². The van der Waals surface area contributed by atoms with E-state index in [2.05, 4.69) is 48.2 Å². The third-order valence-electron chi connectivity index (χ3n) is 1.98. The van der Waals surface area contributed by atoms with Crippen LogP contribution >= 0.6 is 22.6 Å². The van der Waals surface area contributed by atoms with Gasteiger partial charge in [0, 0.05) is 9.49 Å². The predicted molar refractivity (Wildman–Crippen MR) is 68.5 cm³/mol. The highest BCUT2D eigenvalue weighted by molar-refractivity contribution is 14.1. The van der Waals surface area contributed by atoms with Crippen molar-refractivity contribution in [2.24, 2.45) is 0 Å². The van der Waals surface area contributed by atoms with Crippen molar-refractivity contribution >= 4 is 22.6 Å². The first-order chi connectivity index (χ1) is 6.69. The molecule has 0 saturated carbocycles. The van der Waals surface area contributed by atoms with E-state index in [1.54, 1.807) is 0 Å². The van der Waals surface area contributed by atoms with Crippen LogP contribution in [-0.2, 0) is 0 Å². The summed E-state index contributed by atoms with van der Waals surface area (Å²) in [5.74, 6) is 2.10. The zero-order valence-electron chi connectivity index (χ0n) is 8.51. The van der Waals surface area contributed by atoms with Crippen LogP contribution in [-0.4, -0.2) is 6.61 Å². The Labute approximate surface area is 99.3 Å². The average Bonchev–Trinajstić information content (AvgIpc) is 2.20. The molecule has 14 heavy (non-hydrogen) atoms. The van der Waals surface area contributed by atoms with Crippen molar-refractivity contribution in [2.45, 2.75) is 13.8 Å². The van der Waals surface area contributed by atoms with E-state index in [9.17, 15) is 0 Å². The molecule has 0 aliphatic carbocycles. The Morgan fingerprint density at radius 2 is 2.29 bits per heavy atom. The first-order valence-electron chi connectivity index (χ1n) is 4.57. The maximum Gasteiger partial charge on any atom is 0.119 e. The summed E-state index contributed by atoms with van der Waals surface area (Å²) in [6.07, 6.45) is 1.87. The molecule has 1 radical (unpaired) electrons. The molecule has 0 spiro atoms. The van der Waals surface area contributed by atoms with E-state index in [-0.39, 0.29) is 0 Å². The summed E-state index contributed by atoms with van der Waals surface area (Å²) in [5, 5.41) is 0. The van der Waals surface area contributed by atoms with Gasteiger partial charge in [-0.3, -0.25) is 0 Å². The van der Waals surface area contributed by atoms with E-state index >= 15 is 0 Å². The molecule has 0 N–H and O–H groups in total. The van der Waals surface area contributed by atoms with Gasteiger partial charge >= 0.3 is 0 Å². The maximum absolute atomic E-state index is 5.45. The molecule has 1 nitrogen and oxygen atoms in total. The van der Waals surface area contributed by atoms with Crippen molar-refractivity contribution in [1.29, 1.82) is 0 Å². The molecule has 1 aromatic rings. The fourth-order valence-electron chi connectivity index (χ4n) is 1.17. The van der Waals surface area contributed by atoms with Crippen LogP contribution < -0.4 is 4.74 Å². The molecule has 0 amide bonds. The van der Waals surface area contributed by atoms with Crippen molar-refractivity contribution in [2.75, 3.05) is 6.61 Å². The highest BCUT2D eigenvalue weighted by atomic mass is 127. The Hall–Kier alpha value is -0.510. The van der Waals surface area contributed by atoms with Gasteiger partial charge in [-0.2, -0.15) is 0 Å². The monoisotopic (exact) mass is 301 g/mol. The molecule has 0 aliphatic heterocycles. The lowest BCUT2D eigenvalue weighted by molar-refractivity contribution is 0.340. The second-order valence-electron chi connectivity index (χ2n) is 2.96. The molecule has 0 unspecified atom stereocenters. The van der Waals surface area contributed by atoms with Gasteiger partial charge in [0.05, 0.1) is 6.61 Å². The van der Waals surface area contributed by atoms with Crippen LogP contribution in [0.4, 0.5) is 0 Å². The van der Waals surface area contributed by atoms with E-state index in [1.807, 2.05) is 19.1 Å². The lowest BCUT2D eigenvalue weighted by Gasteiger charge is -2.11.